The number of phenolic OH excluding ortho intramolecular Hbond substituents is 4. The summed E-state index contributed by atoms with van der Waals surface area (Å²) in [5.74, 6) is -2.06. The molecule has 3 aromatic rings. The predicted molar refractivity (Wildman–Crippen MR) is 101 cm³/mol. The van der Waals surface area contributed by atoms with Gasteiger partial charge in [0.2, 0.25) is 0 Å². The molecule has 2 heterocycles. The van der Waals surface area contributed by atoms with Gasteiger partial charge in [-0.2, -0.15) is 0 Å². The Morgan fingerprint density at radius 3 is 2.27 bits per heavy atom. The number of hydrogen-bond acceptors (Lipinski definition) is 10. The molecule has 0 aliphatic carbocycles. The SMILES string of the molecule is O=c1cc(-c2ccc(O)c(O)c2)oc2c(C3OCC(O)C(O)C3O)c(O)cc(O)c12. The van der Waals surface area contributed by atoms with E-state index in [1.165, 1.54) is 12.1 Å². The monoisotopic (exact) mass is 418 g/mol. The number of fused-ring (bicyclic) bond motifs is 1. The Labute approximate surface area is 168 Å². The first-order chi connectivity index (χ1) is 14.2. The van der Waals surface area contributed by atoms with Crippen LogP contribution in [-0.2, 0) is 4.74 Å². The lowest BCUT2D eigenvalue weighted by Gasteiger charge is -2.35. The molecule has 0 radical (unpaired) electrons. The third kappa shape index (κ3) is 3.12. The summed E-state index contributed by atoms with van der Waals surface area (Å²) in [6.45, 7) is -0.361. The highest BCUT2D eigenvalue weighted by Crippen LogP contribution is 2.43. The van der Waals surface area contributed by atoms with Gasteiger partial charge in [-0.1, -0.05) is 0 Å². The highest BCUT2D eigenvalue weighted by molar-refractivity contribution is 5.89. The van der Waals surface area contributed by atoms with Crippen molar-refractivity contribution in [3.8, 4) is 34.3 Å². The third-order valence-electron chi connectivity index (χ3n) is 5.04. The first-order valence-corrected chi connectivity index (χ1v) is 8.90. The molecule has 1 aliphatic heterocycles. The van der Waals surface area contributed by atoms with E-state index in [9.17, 15) is 40.5 Å². The van der Waals surface area contributed by atoms with Crippen molar-refractivity contribution in [2.45, 2.75) is 24.4 Å². The minimum Gasteiger partial charge on any atom is -0.507 e. The Balaban J connectivity index is 1.97. The van der Waals surface area contributed by atoms with Crippen LogP contribution in [0.2, 0.25) is 0 Å². The maximum absolute atomic E-state index is 12.7. The fourth-order valence-corrected chi connectivity index (χ4v) is 3.48. The average Bonchev–Trinajstić information content (AvgIpc) is 2.69. The number of benzene rings is 2. The molecule has 0 amide bonds. The van der Waals surface area contributed by atoms with E-state index >= 15 is 0 Å². The standard InChI is InChI=1S/C20H18O10/c21-8-2-1-7(3-9(8)22)14-5-12(25)15-10(23)4-11(24)16(19(15)30-14)20-18(28)17(27)13(26)6-29-20/h1-5,13,17-18,20-24,26-28H,6H2. The molecule has 158 valence electrons. The largest absolute Gasteiger partial charge is 0.507 e. The van der Waals surface area contributed by atoms with Gasteiger partial charge in [0, 0.05) is 17.7 Å². The van der Waals surface area contributed by atoms with Crippen LogP contribution in [0.15, 0.2) is 39.5 Å². The summed E-state index contributed by atoms with van der Waals surface area (Å²) in [5.41, 5.74) is -1.000. The van der Waals surface area contributed by atoms with Gasteiger partial charge in [-0.15, -0.1) is 0 Å². The number of aliphatic hydroxyl groups excluding tert-OH is 3. The normalized spacial score (nSPS) is 24.2. The molecule has 1 aliphatic rings. The van der Waals surface area contributed by atoms with Gasteiger partial charge in [-0.05, 0) is 18.2 Å². The van der Waals surface area contributed by atoms with Crippen LogP contribution in [0.1, 0.15) is 11.7 Å². The Morgan fingerprint density at radius 1 is 0.833 bits per heavy atom. The molecule has 1 saturated heterocycles. The quantitative estimate of drug-likeness (QED) is 0.288. The molecule has 4 atom stereocenters. The molecule has 4 unspecified atom stereocenters. The van der Waals surface area contributed by atoms with E-state index in [0.717, 1.165) is 18.2 Å². The lowest BCUT2D eigenvalue weighted by molar-refractivity contribution is -0.189. The molecule has 7 N–H and O–H groups in total. The number of aliphatic hydroxyl groups is 3. The number of rotatable bonds is 2. The Kier molecular flexibility index (Phi) is 4.79. The maximum Gasteiger partial charge on any atom is 0.197 e. The van der Waals surface area contributed by atoms with E-state index in [0.29, 0.717) is 0 Å². The van der Waals surface area contributed by atoms with Crippen LogP contribution in [0.3, 0.4) is 0 Å². The molecule has 0 saturated carbocycles. The third-order valence-corrected chi connectivity index (χ3v) is 5.04. The first kappa shape index (κ1) is 20.0. The van der Waals surface area contributed by atoms with E-state index in [1.807, 2.05) is 0 Å². The number of hydrogen-bond donors (Lipinski definition) is 7. The van der Waals surface area contributed by atoms with E-state index in [1.54, 1.807) is 0 Å². The van der Waals surface area contributed by atoms with Gasteiger partial charge >= 0.3 is 0 Å². The van der Waals surface area contributed by atoms with Crippen LogP contribution in [0, 0.1) is 0 Å². The second-order valence-corrected chi connectivity index (χ2v) is 7.01. The molecule has 1 aromatic heterocycles. The Bertz CT molecular complexity index is 1180. The van der Waals surface area contributed by atoms with Crippen molar-refractivity contribution < 1.29 is 44.9 Å². The van der Waals surface area contributed by atoms with Gasteiger partial charge in [0.1, 0.15) is 47.1 Å². The van der Waals surface area contributed by atoms with Gasteiger partial charge in [0.05, 0.1) is 12.2 Å². The van der Waals surface area contributed by atoms with Crippen LogP contribution in [-0.4, -0.2) is 60.7 Å². The van der Waals surface area contributed by atoms with Gasteiger partial charge in [-0.3, -0.25) is 4.79 Å². The molecule has 2 aromatic carbocycles. The molecule has 0 spiro atoms. The van der Waals surface area contributed by atoms with E-state index in [-0.39, 0.29) is 40.2 Å². The van der Waals surface area contributed by atoms with Gasteiger partial charge in [0.15, 0.2) is 22.5 Å². The van der Waals surface area contributed by atoms with Crippen molar-refractivity contribution in [2.24, 2.45) is 0 Å². The Morgan fingerprint density at radius 2 is 1.57 bits per heavy atom. The maximum atomic E-state index is 12.7. The minimum absolute atomic E-state index is 0.0695. The topological polar surface area (TPSA) is 181 Å². The minimum atomic E-state index is -1.67. The average molecular weight is 418 g/mol. The van der Waals surface area contributed by atoms with Crippen molar-refractivity contribution in [1.82, 2.24) is 0 Å². The summed E-state index contributed by atoms with van der Waals surface area (Å²) in [6, 6.07) is 5.63. The van der Waals surface area contributed by atoms with Gasteiger partial charge < -0.3 is 44.9 Å². The van der Waals surface area contributed by atoms with Crippen molar-refractivity contribution >= 4 is 11.0 Å². The fourth-order valence-electron chi connectivity index (χ4n) is 3.48. The van der Waals surface area contributed by atoms with E-state index < -0.39 is 47.1 Å². The zero-order valence-corrected chi connectivity index (χ0v) is 15.3. The molecule has 10 nitrogen and oxygen atoms in total. The summed E-state index contributed by atoms with van der Waals surface area (Å²) in [5, 5.41) is 69.5. The smallest absolute Gasteiger partial charge is 0.197 e. The zero-order chi connectivity index (χ0) is 21.7. The van der Waals surface area contributed by atoms with Gasteiger partial charge in [-0.25, -0.2) is 0 Å². The highest BCUT2D eigenvalue weighted by atomic mass is 16.5. The van der Waals surface area contributed by atoms with Crippen LogP contribution < -0.4 is 5.43 Å². The number of ether oxygens (including phenoxy) is 1. The fraction of sp³-hybridized carbons (Fsp3) is 0.250. The zero-order valence-electron chi connectivity index (χ0n) is 15.3. The van der Waals surface area contributed by atoms with Gasteiger partial charge in [0.25, 0.3) is 0 Å². The lowest BCUT2D eigenvalue weighted by Crippen LogP contribution is -2.49. The van der Waals surface area contributed by atoms with Crippen molar-refractivity contribution in [2.75, 3.05) is 6.61 Å². The highest BCUT2D eigenvalue weighted by Gasteiger charge is 2.41. The van der Waals surface area contributed by atoms with Crippen molar-refractivity contribution in [3.05, 3.63) is 46.1 Å². The summed E-state index contributed by atoms with van der Waals surface area (Å²) < 4.78 is 11.1. The second-order valence-electron chi connectivity index (χ2n) is 7.01. The van der Waals surface area contributed by atoms with Crippen molar-refractivity contribution in [1.29, 1.82) is 0 Å². The van der Waals surface area contributed by atoms with E-state index in [4.69, 9.17) is 9.15 Å². The van der Waals surface area contributed by atoms with Crippen LogP contribution in [0.5, 0.6) is 23.0 Å². The van der Waals surface area contributed by atoms with Crippen molar-refractivity contribution in [3.63, 3.8) is 0 Å². The Hall–Kier alpha value is -3.31. The number of aromatic hydroxyl groups is 4. The molecule has 1 fully saturated rings. The second kappa shape index (κ2) is 7.18. The van der Waals surface area contributed by atoms with Crippen LogP contribution in [0.25, 0.3) is 22.3 Å². The number of phenols is 4. The predicted octanol–water partition coefficient (Wildman–Crippen LogP) is 0.436. The summed E-state index contributed by atoms with van der Waals surface area (Å²) in [6.07, 6.45) is -5.99. The van der Waals surface area contributed by atoms with Crippen LogP contribution in [0.4, 0.5) is 0 Å². The molecular formula is C20H18O10. The molecule has 4 rings (SSSR count). The summed E-state index contributed by atoms with van der Waals surface area (Å²) in [4.78, 5) is 12.7. The first-order valence-electron chi connectivity index (χ1n) is 8.90. The molecule has 0 bridgehead atoms. The molecular weight excluding hydrogens is 400 g/mol. The lowest BCUT2D eigenvalue weighted by atomic mass is 9.92. The van der Waals surface area contributed by atoms with E-state index in [2.05, 4.69) is 0 Å². The summed E-state index contributed by atoms with van der Waals surface area (Å²) >= 11 is 0. The molecule has 30 heavy (non-hydrogen) atoms. The molecule has 10 heteroatoms. The van der Waals surface area contributed by atoms with Crippen LogP contribution >= 0.6 is 0 Å². The summed E-state index contributed by atoms with van der Waals surface area (Å²) in [7, 11) is 0.